The van der Waals surface area contributed by atoms with Gasteiger partial charge in [-0.1, -0.05) is 0 Å². The molecule has 32 heavy (non-hydrogen) atoms. The monoisotopic (exact) mass is 453 g/mol. The third-order valence-electron chi connectivity index (χ3n) is 5.60. The molecular formula is C19H22F3N7O3. The van der Waals surface area contributed by atoms with Crippen LogP contribution < -0.4 is 10.9 Å². The van der Waals surface area contributed by atoms with Crippen molar-refractivity contribution < 1.29 is 22.8 Å². The highest BCUT2D eigenvalue weighted by molar-refractivity contribution is 5.95. The summed E-state index contributed by atoms with van der Waals surface area (Å²) >= 11 is 0. The molecule has 2 amide bonds. The summed E-state index contributed by atoms with van der Waals surface area (Å²) in [7, 11) is 0. The number of H-pyrrole nitrogens is 1. The lowest BCUT2D eigenvalue weighted by Gasteiger charge is -2.37. The molecule has 1 saturated heterocycles. The van der Waals surface area contributed by atoms with Gasteiger partial charge in [-0.05, 0) is 25.8 Å². The maximum Gasteiger partial charge on any atom is 0.434 e. The van der Waals surface area contributed by atoms with Gasteiger partial charge in [0.05, 0.1) is 17.8 Å². The molecule has 0 unspecified atom stereocenters. The largest absolute Gasteiger partial charge is 0.434 e. The summed E-state index contributed by atoms with van der Waals surface area (Å²) in [4.78, 5) is 39.6. The summed E-state index contributed by atoms with van der Waals surface area (Å²) in [5, 5.41) is 12.3. The lowest BCUT2D eigenvalue weighted by molar-refractivity contribution is -0.143. The van der Waals surface area contributed by atoms with E-state index in [2.05, 4.69) is 20.6 Å². The van der Waals surface area contributed by atoms with E-state index in [0.29, 0.717) is 17.8 Å². The Morgan fingerprint density at radius 1 is 1.19 bits per heavy atom. The molecule has 13 heteroatoms. The lowest BCUT2D eigenvalue weighted by Crippen LogP contribution is -2.55. The summed E-state index contributed by atoms with van der Waals surface area (Å²) in [5.41, 5.74) is -2.44. The summed E-state index contributed by atoms with van der Waals surface area (Å²) in [6.45, 7) is 2.86. The second-order valence-electron chi connectivity index (χ2n) is 7.88. The van der Waals surface area contributed by atoms with Crippen LogP contribution >= 0.6 is 0 Å². The van der Waals surface area contributed by atoms with E-state index >= 15 is 0 Å². The number of aromatic amines is 1. The minimum Gasteiger partial charge on any atom is -0.352 e. The van der Waals surface area contributed by atoms with E-state index in [0.717, 1.165) is 31.2 Å². The predicted octanol–water partition coefficient (Wildman–Crippen LogP) is 0.399. The van der Waals surface area contributed by atoms with Gasteiger partial charge in [-0.3, -0.25) is 19.3 Å². The topological polar surface area (TPSA) is 116 Å². The second kappa shape index (κ2) is 8.37. The maximum absolute atomic E-state index is 13.8. The molecule has 2 fully saturated rings. The molecule has 1 atom stereocenters. The third kappa shape index (κ3) is 4.52. The number of rotatable bonds is 5. The Hall–Kier alpha value is -3.22. The number of carbonyl (C=O) groups excluding carboxylic acids is 2. The summed E-state index contributed by atoms with van der Waals surface area (Å²) in [5.74, 6) is -1.15. The van der Waals surface area contributed by atoms with E-state index in [1.165, 1.54) is 4.90 Å². The van der Waals surface area contributed by atoms with Crippen LogP contribution in [0, 0.1) is 0 Å². The fourth-order valence-electron chi connectivity index (χ4n) is 3.60. The van der Waals surface area contributed by atoms with Crippen molar-refractivity contribution in [3.8, 4) is 5.82 Å². The number of halogens is 3. The zero-order chi connectivity index (χ0) is 23.0. The van der Waals surface area contributed by atoms with Gasteiger partial charge in [0, 0.05) is 38.3 Å². The molecule has 1 saturated carbocycles. The number of piperazine rings is 1. The molecule has 0 radical (unpaired) electrons. The van der Waals surface area contributed by atoms with Gasteiger partial charge in [0.25, 0.3) is 11.5 Å². The molecule has 2 aromatic heterocycles. The van der Waals surface area contributed by atoms with Crippen molar-refractivity contribution in [1.29, 1.82) is 0 Å². The van der Waals surface area contributed by atoms with Gasteiger partial charge in [0.1, 0.15) is 0 Å². The first kappa shape index (κ1) is 22.0. The Morgan fingerprint density at radius 3 is 2.44 bits per heavy atom. The number of carbonyl (C=O) groups is 2. The number of alkyl halides is 3. The van der Waals surface area contributed by atoms with E-state index in [4.69, 9.17) is 0 Å². The van der Waals surface area contributed by atoms with Crippen molar-refractivity contribution in [1.82, 2.24) is 35.1 Å². The summed E-state index contributed by atoms with van der Waals surface area (Å²) < 4.78 is 41.9. The van der Waals surface area contributed by atoms with Gasteiger partial charge < -0.3 is 10.2 Å². The molecular weight excluding hydrogens is 431 g/mol. The molecule has 172 valence electrons. The first-order valence-corrected chi connectivity index (χ1v) is 10.2. The van der Waals surface area contributed by atoms with Crippen LogP contribution in [-0.2, 0) is 11.0 Å². The fraction of sp³-hybridized carbons (Fsp3) is 0.526. The minimum absolute atomic E-state index is 0.0821. The molecule has 0 aromatic carbocycles. The van der Waals surface area contributed by atoms with Crippen LogP contribution in [0.15, 0.2) is 23.1 Å². The summed E-state index contributed by atoms with van der Waals surface area (Å²) in [6, 6.07) is 1.96. The average Bonchev–Trinajstić information content (AvgIpc) is 3.45. The third-order valence-corrected chi connectivity index (χ3v) is 5.60. The Bertz CT molecular complexity index is 1050. The highest BCUT2D eigenvalue weighted by Gasteiger charge is 2.42. The van der Waals surface area contributed by atoms with Gasteiger partial charge >= 0.3 is 6.18 Å². The minimum atomic E-state index is -4.88. The van der Waals surface area contributed by atoms with E-state index in [1.807, 2.05) is 4.90 Å². The molecule has 0 spiro atoms. The Morgan fingerprint density at radius 2 is 1.88 bits per heavy atom. The number of nitrogens with zero attached hydrogens (tertiary/aromatic N) is 5. The molecule has 10 nitrogen and oxygen atoms in total. The average molecular weight is 453 g/mol. The quantitative estimate of drug-likeness (QED) is 0.677. The predicted molar refractivity (Wildman–Crippen MR) is 105 cm³/mol. The Kier molecular flexibility index (Phi) is 5.75. The molecule has 0 bridgehead atoms. The summed E-state index contributed by atoms with van der Waals surface area (Å²) in [6.07, 6.45) is -2.07. The van der Waals surface area contributed by atoms with Crippen molar-refractivity contribution in [2.24, 2.45) is 0 Å². The van der Waals surface area contributed by atoms with Crippen LogP contribution in [0.5, 0.6) is 0 Å². The van der Waals surface area contributed by atoms with Gasteiger partial charge in [-0.2, -0.15) is 23.4 Å². The number of hydrogen-bond donors (Lipinski definition) is 2. The van der Waals surface area contributed by atoms with E-state index < -0.39 is 28.9 Å². The van der Waals surface area contributed by atoms with Crippen LogP contribution in [0.1, 0.15) is 35.8 Å². The van der Waals surface area contributed by atoms with Crippen LogP contribution in [0.25, 0.3) is 5.82 Å². The normalized spacial score (nSPS) is 18.4. The zero-order valence-electron chi connectivity index (χ0n) is 17.2. The first-order valence-electron chi connectivity index (χ1n) is 10.2. The molecule has 3 heterocycles. The second-order valence-corrected chi connectivity index (χ2v) is 7.88. The van der Waals surface area contributed by atoms with Crippen LogP contribution in [-0.4, -0.2) is 79.9 Å². The number of hydrogen-bond acceptors (Lipinski definition) is 6. The van der Waals surface area contributed by atoms with Gasteiger partial charge in [0.2, 0.25) is 5.91 Å². The molecule has 1 aliphatic heterocycles. The van der Waals surface area contributed by atoms with Crippen molar-refractivity contribution in [3.05, 3.63) is 39.9 Å². The van der Waals surface area contributed by atoms with Crippen LogP contribution in [0.4, 0.5) is 13.2 Å². The molecule has 2 aliphatic rings. The van der Waals surface area contributed by atoms with E-state index in [-0.39, 0.29) is 36.9 Å². The smallest absolute Gasteiger partial charge is 0.352 e. The van der Waals surface area contributed by atoms with E-state index in [1.54, 1.807) is 6.92 Å². The van der Waals surface area contributed by atoms with Gasteiger partial charge in [0.15, 0.2) is 11.5 Å². The fourth-order valence-corrected chi connectivity index (χ4v) is 3.60. The van der Waals surface area contributed by atoms with Crippen molar-refractivity contribution in [2.75, 3.05) is 26.2 Å². The van der Waals surface area contributed by atoms with Crippen LogP contribution in [0.3, 0.4) is 0 Å². The molecule has 1 aliphatic carbocycles. The van der Waals surface area contributed by atoms with Gasteiger partial charge in [-0.15, -0.1) is 0 Å². The standard InChI is InChI=1S/C19H22F3N7O3/c1-11(17(31)24-12-2-3-12)27-6-8-28(9-7-27)18(32)13-10-23-29(16(13)19(20,21)22)14-4-5-15(30)26-25-14/h4-5,10-12H,2-3,6-9H2,1H3,(H,24,31)(H,26,30)/t11-/m1/s1. The molecule has 4 rings (SSSR count). The highest BCUT2D eigenvalue weighted by atomic mass is 19.4. The van der Waals surface area contributed by atoms with Crippen molar-refractivity contribution in [3.63, 3.8) is 0 Å². The van der Waals surface area contributed by atoms with Crippen LogP contribution in [0.2, 0.25) is 0 Å². The Labute approximate surface area is 180 Å². The number of nitrogens with one attached hydrogen (secondary N) is 2. The SMILES string of the molecule is C[C@H](C(=O)NC1CC1)N1CCN(C(=O)c2cnn(-c3ccc(=O)[nH]n3)c2C(F)(F)F)CC1. The highest BCUT2D eigenvalue weighted by Crippen LogP contribution is 2.34. The van der Waals surface area contributed by atoms with Crippen molar-refractivity contribution in [2.45, 2.75) is 38.0 Å². The lowest BCUT2D eigenvalue weighted by atomic mass is 10.1. The number of aromatic nitrogens is 4. The van der Waals surface area contributed by atoms with Gasteiger partial charge in [-0.25, -0.2) is 9.78 Å². The maximum atomic E-state index is 13.8. The van der Waals surface area contributed by atoms with E-state index in [9.17, 15) is 27.6 Å². The molecule has 2 aromatic rings. The van der Waals surface area contributed by atoms with Crippen molar-refractivity contribution >= 4 is 11.8 Å². The number of amides is 2. The zero-order valence-corrected chi connectivity index (χ0v) is 17.2. The molecule has 2 N–H and O–H groups in total. The Balaban J connectivity index is 1.49. The first-order chi connectivity index (χ1) is 15.1.